The van der Waals surface area contributed by atoms with Crippen molar-refractivity contribution in [3.05, 3.63) is 47.8 Å². The number of nitrogens with one attached hydrogen (secondary N) is 1. The van der Waals surface area contributed by atoms with Gasteiger partial charge in [-0.25, -0.2) is 18.1 Å². The number of rotatable bonds is 6. The molecule has 2 aromatic heterocycles. The second kappa shape index (κ2) is 7.97. The minimum atomic E-state index is -3.48. The van der Waals surface area contributed by atoms with Gasteiger partial charge in [-0.1, -0.05) is 0 Å². The molecule has 1 saturated heterocycles. The average molecular weight is 454 g/mol. The fraction of sp³-hybridized carbons (Fsp3) is 0.435. The molecule has 1 amide bonds. The minimum Gasteiger partial charge on any atom is -0.322 e. The largest absolute Gasteiger partial charge is 0.322 e. The fourth-order valence-corrected chi connectivity index (χ4v) is 5.69. The molecule has 32 heavy (non-hydrogen) atoms. The first kappa shape index (κ1) is 21.1. The van der Waals surface area contributed by atoms with Gasteiger partial charge in [0.05, 0.1) is 22.0 Å². The highest BCUT2D eigenvalue weighted by Crippen LogP contribution is 2.40. The Kier molecular flexibility index (Phi) is 5.25. The van der Waals surface area contributed by atoms with Crippen molar-refractivity contribution in [2.75, 3.05) is 18.4 Å². The third kappa shape index (κ3) is 3.80. The third-order valence-electron chi connectivity index (χ3n) is 6.13. The molecule has 0 unspecified atom stereocenters. The van der Waals surface area contributed by atoms with Crippen LogP contribution in [0.1, 0.15) is 67.5 Å². The van der Waals surface area contributed by atoms with Gasteiger partial charge in [-0.15, -0.1) is 0 Å². The SMILES string of the molecule is CC(C)n1ncc2c(C(=O)Nc3ccc(S(=O)(=O)N4CCCC4)cc3)cc(C3CC3)nc21. The lowest BCUT2D eigenvalue weighted by atomic mass is 10.1. The zero-order valence-corrected chi connectivity index (χ0v) is 19.1. The van der Waals surface area contributed by atoms with E-state index in [4.69, 9.17) is 4.98 Å². The van der Waals surface area contributed by atoms with E-state index in [1.165, 1.54) is 4.31 Å². The predicted octanol–water partition coefficient (Wildman–Crippen LogP) is 3.93. The third-order valence-corrected chi connectivity index (χ3v) is 8.04. The van der Waals surface area contributed by atoms with Crippen molar-refractivity contribution in [3.8, 4) is 0 Å². The summed E-state index contributed by atoms with van der Waals surface area (Å²) < 4.78 is 28.8. The molecule has 9 heteroatoms. The number of anilines is 1. The Morgan fingerprint density at radius 2 is 1.81 bits per heavy atom. The van der Waals surface area contributed by atoms with E-state index in [9.17, 15) is 13.2 Å². The van der Waals surface area contributed by atoms with Gasteiger partial charge >= 0.3 is 0 Å². The molecule has 1 aliphatic carbocycles. The monoisotopic (exact) mass is 453 g/mol. The summed E-state index contributed by atoms with van der Waals surface area (Å²) in [5, 5.41) is 8.07. The number of aromatic nitrogens is 3. The van der Waals surface area contributed by atoms with Crippen LogP contribution in [-0.4, -0.2) is 46.5 Å². The van der Waals surface area contributed by atoms with Crippen LogP contribution in [0.25, 0.3) is 11.0 Å². The Balaban J connectivity index is 1.42. The number of fused-ring (bicyclic) bond motifs is 1. The van der Waals surface area contributed by atoms with E-state index in [1.807, 2.05) is 24.6 Å². The van der Waals surface area contributed by atoms with Crippen molar-refractivity contribution in [2.45, 2.75) is 56.4 Å². The Hall–Kier alpha value is -2.78. The van der Waals surface area contributed by atoms with Crippen LogP contribution in [0.5, 0.6) is 0 Å². The van der Waals surface area contributed by atoms with Crippen molar-refractivity contribution in [1.29, 1.82) is 0 Å². The lowest BCUT2D eigenvalue weighted by Crippen LogP contribution is -2.27. The predicted molar refractivity (Wildman–Crippen MR) is 122 cm³/mol. The Labute approximate surface area is 187 Å². The van der Waals surface area contributed by atoms with E-state index < -0.39 is 10.0 Å². The number of hydrogen-bond donors (Lipinski definition) is 1. The lowest BCUT2D eigenvalue weighted by molar-refractivity contribution is 0.102. The molecule has 0 radical (unpaired) electrons. The van der Waals surface area contributed by atoms with E-state index in [-0.39, 0.29) is 16.8 Å². The summed E-state index contributed by atoms with van der Waals surface area (Å²) in [5.41, 5.74) is 2.74. The molecule has 2 aliphatic rings. The van der Waals surface area contributed by atoms with Crippen molar-refractivity contribution in [1.82, 2.24) is 19.1 Å². The molecule has 3 aromatic rings. The Morgan fingerprint density at radius 3 is 2.44 bits per heavy atom. The number of benzene rings is 1. The van der Waals surface area contributed by atoms with Crippen LogP contribution >= 0.6 is 0 Å². The molecule has 1 saturated carbocycles. The highest BCUT2D eigenvalue weighted by Gasteiger charge is 2.29. The van der Waals surface area contributed by atoms with Crippen molar-refractivity contribution in [2.24, 2.45) is 0 Å². The molecule has 2 fully saturated rings. The number of carbonyl (C=O) groups is 1. The maximum atomic E-state index is 13.2. The van der Waals surface area contributed by atoms with Crippen molar-refractivity contribution in [3.63, 3.8) is 0 Å². The van der Waals surface area contributed by atoms with Crippen LogP contribution in [-0.2, 0) is 10.0 Å². The summed E-state index contributed by atoms with van der Waals surface area (Å²) in [7, 11) is -3.48. The quantitative estimate of drug-likeness (QED) is 0.610. The summed E-state index contributed by atoms with van der Waals surface area (Å²) in [5.74, 6) is 0.147. The minimum absolute atomic E-state index is 0.135. The van der Waals surface area contributed by atoms with Gasteiger partial charge in [0.25, 0.3) is 5.91 Å². The summed E-state index contributed by atoms with van der Waals surface area (Å²) in [4.78, 5) is 18.2. The molecule has 3 heterocycles. The van der Waals surface area contributed by atoms with Crippen LogP contribution in [0, 0.1) is 0 Å². The van der Waals surface area contributed by atoms with Crippen LogP contribution in [0.3, 0.4) is 0 Å². The summed E-state index contributed by atoms with van der Waals surface area (Å²) in [6.45, 7) is 5.20. The first-order valence-electron chi connectivity index (χ1n) is 11.1. The van der Waals surface area contributed by atoms with Crippen molar-refractivity contribution >= 4 is 32.7 Å². The van der Waals surface area contributed by atoms with Crippen LogP contribution < -0.4 is 5.32 Å². The van der Waals surface area contributed by atoms with Gasteiger partial charge in [0.2, 0.25) is 10.0 Å². The number of amides is 1. The number of pyridine rings is 1. The summed E-state index contributed by atoms with van der Waals surface area (Å²) in [6, 6.07) is 8.39. The van der Waals surface area contributed by atoms with E-state index in [0.29, 0.717) is 35.6 Å². The van der Waals surface area contributed by atoms with E-state index in [0.717, 1.165) is 37.0 Å². The number of hydrogen-bond acceptors (Lipinski definition) is 5. The zero-order valence-electron chi connectivity index (χ0n) is 18.3. The van der Waals surface area contributed by atoms with E-state index >= 15 is 0 Å². The maximum Gasteiger partial charge on any atom is 0.256 e. The fourth-order valence-electron chi connectivity index (χ4n) is 4.18. The Bertz CT molecular complexity index is 1270. The molecule has 0 bridgehead atoms. The van der Waals surface area contributed by atoms with Gasteiger partial charge in [0.1, 0.15) is 0 Å². The molecule has 1 aromatic carbocycles. The number of carbonyl (C=O) groups excluding carboxylic acids is 1. The standard InChI is InChI=1S/C23H27N5O3S/c1-15(2)28-22-20(14-24-28)19(13-21(26-22)16-5-6-16)23(29)25-17-7-9-18(10-8-17)32(30,31)27-11-3-4-12-27/h7-10,13-16H,3-6,11-12H2,1-2H3,(H,25,29). The summed E-state index contributed by atoms with van der Waals surface area (Å²) >= 11 is 0. The molecule has 0 spiro atoms. The van der Waals surface area contributed by atoms with Crippen molar-refractivity contribution < 1.29 is 13.2 Å². The van der Waals surface area contributed by atoms with Gasteiger partial charge in [0, 0.05) is 36.4 Å². The van der Waals surface area contributed by atoms with Crippen LogP contribution in [0.2, 0.25) is 0 Å². The zero-order chi connectivity index (χ0) is 22.5. The number of nitrogens with zero attached hydrogens (tertiary/aromatic N) is 4. The summed E-state index contributed by atoms with van der Waals surface area (Å²) in [6.07, 6.45) is 5.65. The highest BCUT2D eigenvalue weighted by molar-refractivity contribution is 7.89. The normalized spacial score (nSPS) is 17.3. The maximum absolute atomic E-state index is 13.2. The second-order valence-corrected chi connectivity index (χ2v) is 10.8. The van der Waals surface area contributed by atoms with E-state index in [1.54, 1.807) is 30.5 Å². The first-order valence-corrected chi connectivity index (χ1v) is 12.6. The van der Waals surface area contributed by atoms with Crippen LogP contribution in [0.15, 0.2) is 41.4 Å². The van der Waals surface area contributed by atoms with Crippen LogP contribution in [0.4, 0.5) is 5.69 Å². The molecule has 5 rings (SSSR count). The molecule has 0 atom stereocenters. The molecular formula is C23H27N5O3S. The molecular weight excluding hydrogens is 426 g/mol. The first-order chi connectivity index (χ1) is 15.3. The van der Waals surface area contributed by atoms with Gasteiger partial charge in [-0.3, -0.25) is 4.79 Å². The Morgan fingerprint density at radius 1 is 1.12 bits per heavy atom. The molecule has 1 N–H and O–H groups in total. The average Bonchev–Trinajstić information content (AvgIpc) is 3.29. The number of sulfonamides is 1. The highest BCUT2D eigenvalue weighted by atomic mass is 32.2. The van der Waals surface area contributed by atoms with Gasteiger partial charge in [-0.05, 0) is 69.9 Å². The van der Waals surface area contributed by atoms with Gasteiger partial charge in [0.15, 0.2) is 5.65 Å². The smallest absolute Gasteiger partial charge is 0.256 e. The lowest BCUT2D eigenvalue weighted by Gasteiger charge is -2.16. The molecule has 8 nitrogen and oxygen atoms in total. The van der Waals surface area contributed by atoms with Gasteiger partial charge < -0.3 is 5.32 Å². The molecule has 168 valence electrons. The van der Waals surface area contributed by atoms with Gasteiger partial charge in [-0.2, -0.15) is 9.40 Å². The van der Waals surface area contributed by atoms with E-state index in [2.05, 4.69) is 10.4 Å². The topological polar surface area (TPSA) is 97.2 Å². The second-order valence-electron chi connectivity index (χ2n) is 8.88. The molecule has 1 aliphatic heterocycles.